The van der Waals surface area contributed by atoms with Gasteiger partial charge in [-0.3, -0.25) is 0 Å². The van der Waals surface area contributed by atoms with E-state index in [2.05, 4.69) is 0 Å². The average molecular weight is 176 g/mol. The molecule has 13 heavy (non-hydrogen) atoms. The number of carboxylic acid groups (broad SMARTS) is 1. The molecule has 3 rings (SSSR count). The molecule has 2 bridgehead atoms. The lowest BCUT2D eigenvalue weighted by molar-refractivity contribution is -0.132. The van der Waals surface area contributed by atoms with E-state index in [-0.39, 0.29) is 0 Å². The predicted octanol–water partition coefficient (Wildman–Crippen LogP) is 2.13. The van der Waals surface area contributed by atoms with Crippen molar-refractivity contribution in [2.45, 2.75) is 25.7 Å². The van der Waals surface area contributed by atoms with E-state index in [0.717, 1.165) is 12.3 Å². The van der Waals surface area contributed by atoms with Crippen LogP contribution in [0.2, 0.25) is 0 Å². The molecule has 1 fully saturated rings. The van der Waals surface area contributed by atoms with Crippen molar-refractivity contribution >= 4 is 5.97 Å². The summed E-state index contributed by atoms with van der Waals surface area (Å²) in [6, 6.07) is 0. The maximum absolute atomic E-state index is 10.8. The van der Waals surface area contributed by atoms with Crippen LogP contribution in [0.4, 0.5) is 0 Å². The van der Waals surface area contributed by atoms with Crippen molar-refractivity contribution in [1.82, 2.24) is 0 Å². The first-order chi connectivity index (χ1) is 6.25. The third-order valence-corrected chi connectivity index (χ3v) is 3.72. The molecular formula is C11H12O2. The molecule has 2 nitrogen and oxygen atoms in total. The van der Waals surface area contributed by atoms with Crippen LogP contribution in [0.15, 0.2) is 22.8 Å². The van der Waals surface area contributed by atoms with Crippen LogP contribution in [0.5, 0.6) is 0 Å². The van der Waals surface area contributed by atoms with E-state index in [4.69, 9.17) is 5.11 Å². The van der Waals surface area contributed by atoms with E-state index in [0.29, 0.717) is 11.5 Å². The molecule has 2 heteroatoms. The van der Waals surface area contributed by atoms with Gasteiger partial charge in [-0.2, -0.15) is 0 Å². The maximum Gasteiger partial charge on any atom is 0.331 e. The molecule has 1 saturated carbocycles. The Kier molecular flexibility index (Phi) is 1.27. The zero-order chi connectivity index (χ0) is 9.00. The van der Waals surface area contributed by atoms with Crippen molar-refractivity contribution in [3.05, 3.63) is 22.8 Å². The van der Waals surface area contributed by atoms with Crippen molar-refractivity contribution in [3.8, 4) is 0 Å². The van der Waals surface area contributed by atoms with Crippen molar-refractivity contribution in [2.75, 3.05) is 0 Å². The lowest BCUT2D eigenvalue weighted by Gasteiger charge is -2.11. The summed E-state index contributed by atoms with van der Waals surface area (Å²) in [5, 5.41) is 8.87. The molecule has 0 aliphatic heterocycles. The van der Waals surface area contributed by atoms with E-state index in [1.807, 2.05) is 6.08 Å². The molecule has 1 N–H and O–H groups in total. The molecule has 0 amide bonds. The highest BCUT2D eigenvalue weighted by Crippen LogP contribution is 2.53. The quantitative estimate of drug-likeness (QED) is 0.664. The Hall–Kier alpha value is -1.05. The van der Waals surface area contributed by atoms with E-state index in [1.165, 1.54) is 30.4 Å². The van der Waals surface area contributed by atoms with Gasteiger partial charge in [-0.25, -0.2) is 4.79 Å². The smallest absolute Gasteiger partial charge is 0.331 e. The standard InChI is InChI=1S/C11H12O2/c12-11(13)8-4-9-6-1-2-7(3-6)10(9)5-8/h4,6-7H,1-3,5H2,(H,12,13)/t6-,7+/m0/s1. The third-order valence-electron chi connectivity index (χ3n) is 3.72. The zero-order valence-corrected chi connectivity index (χ0v) is 7.42. The van der Waals surface area contributed by atoms with Gasteiger partial charge in [0.1, 0.15) is 0 Å². The largest absolute Gasteiger partial charge is 0.478 e. The fraction of sp³-hybridized carbons (Fsp3) is 0.545. The number of hydrogen-bond acceptors (Lipinski definition) is 1. The van der Waals surface area contributed by atoms with Crippen LogP contribution in [-0.2, 0) is 4.79 Å². The van der Waals surface area contributed by atoms with Crippen LogP contribution < -0.4 is 0 Å². The highest BCUT2D eigenvalue weighted by atomic mass is 16.4. The number of aliphatic carboxylic acids is 1. The molecule has 2 atom stereocenters. The van der Waals surface area contributed by atoms with Crippen molar-refractivity contribution < 1.29 is 9.90 Å². The molecule has 0 radical (unpaired) electrons. The summed E-state index contributed by atoms with van der Waals surface area (Å²) in [5.74, 6) is 0.707. The van der Waals surface area contributed by atoms with Crippen LogP contribution in [0.3, 0.4) is 0 Å². The molecule has 0 heterocycles. The van der Waals surface area contributed by atoms with Gasteiger partial charge in [-0.1, -0.05) is 5.57 Å². The van der Waals surface area contributed by atoms with Gasteiger partial charge in [0.05, 0.1) is 0 Å². The summed E-state index contributed by atoms with van der Waals surface area (Å²) >= 11 is 0. The van der Waals surface area contributed by atoms with Gasteiger partial charge >= 0.3 is 5.97 Å². The molecule has 0 unspecified atom stereocenters. The van der Waals surface area contributed by atoms with Crippen LogP contribution in [0, 0.1) is 11.8 Å². The normalized spacial score (nSPS) is 35.2. The Morgan fingerprint density at radius 1 is 1.38 bits per heavy atom. The minimum atomic E-state index is -0.728. The van der Waals surface area contributed by atoms with E-state index >= 15 is 0 Å². The summed E-state index contributed by atoms with van der Waals surface area (Å²) in [6.45, 7) is 0. The summed E-state index contributed by atoms with van der Waals surface area (Å²) in [7, 11) is 0. The molecule has 0 aromatic rings. The Labute approximate surface area is 76.9 Å². The van der Waals surface area contributed by atoms with Crippen LogP contribution in [0.1, 0.15) is 25.7 Å². The van der Waals surface area contributed by atoms with Crippen molar-refractivity contribution in [1.29, 1.82) is 0 Å². The van der Waals surface area contributed by atoms with Gasteiger partial charge in [0.25, 0.3) is 0 Å². The first kappa shape index (κ1) is 7.36. The third kappa shape index (κ3) is 0.859. The fourth-order valence-electron chi connectivity index (χ4n) is 3.12. The zero-order valence-electron chi connectivity index (χ0n) is 7.42. The molecule has 68 valence electrons. The van der Waals surface area contributed by atoms with Gasteiger partial charge in [0.15, 0.2) is 0 Å². The van der Waals surface area contributed by atoms with Gasteiger partial charge in [-0.05, 0) is 42.7 Å². The molecular weight excluding hydrogens is 164 g/mol. The summed E-state index contributed by atoms with van der Waals surface area (Å²) in [5.41, 5.74) is 3.45. The lowest BCUT2D eigenvalue weighted by atomic mass is 9.93. The van der Waals surface area contributed by atoms with Gasteiger partial charge < -0.3 is 5.11 Å². The molecule has 0 aromatic heterocycles. The Balaban J connectivity index is 1.95. The summed E-state index contributed by atoms with van der Waals surface area (Å²) in [6.07, 6.45) is 6.54. The Bertz CT molecular complexity index is 349. The second-order valence-electron chi connectivity index (χ2n) is 4.34. The average Bonchev–Trinajstić information content (AvgIpc) is 2.76. The first-order valence-electron chi connectivity index (χ1n) is 4.92. The fourth-order valence-corrected chi connectivity index (χ4v) is 3.12. The lowest BCUT2D eigenvalue weighted by Crippen LogP contribution is -2.01. The van der Waals surface area contributed by atoms with Crippen molar-refractivity contribution in [3.63, 3.8) is 0 Å². The van der Waals surface area contributed by atoms with Gasteiger partial charge in [0.2, 0.25) is 0 Å². The minimum Gasteiger partial charge on any atom is -0.478 e. The summed E-state index contributed by atoms with van der Waals surface area (Å²) < 4.78 is 0. The molecule has 3 aliphatic carbocycles. The number of carboxylic acids is 1. The van der Waals surface area contributed by atoms with Gasteiger partial charge in [0, 0.05) is 12.0 Å². The number of carbonyl (C=O) groups is 1. The summed E-state index contributed by atoms with van der Waals surface area (Å²) in [4.78, 5) is 10.8. The Morgan fingerprint density at radius 2 is 2.15 bits per heavy atom. The Morgan fingerprint density at radius 3 is 2.85 bits per heavy atom. The molecule has 0 saturated heterocycles. The van der Waals surface area contributed by atoms with Crippen molar-refractivity contribution in [2.24, 2.45) is 11.8 Å². The van der Waals surface area contributed by atoms with E-state index in [1.54, 1.807) is 0 Å². The molecule has 0 spiro atoms. The van der Waals surface area contributed by atoms with E-state index < -0.39 is 5.97 Å². The van der Waals surface area contributed by atoms with Crippen LogP contribution in [0.25, 0.3) is 0 Å². The van der Waals surface area contributed by atoms with Crippen LogP contribution >= 0.6 is 0 Å². The van der Waals surface area contributed by atoms with Crippen LogP contribution in [-0.4, -0.2) is 11.1 Å². The second-order valence-corrected chi connectivity index (χ2v) is 4.34. The topological polar surface area (TPSA) is 37.3 Å². The highest BCUT2D eigenvalue weighted by Gasteiger charge is 2.41. The predicted molar refractivity (Wildman–Crippen MR) is 48.2 cm³/mol. The number of rotatable bonds is 1. The number of fused-ring (bicyclic) bond motifs is 4. The highest BCUT2D eigenvalue weighted by molar-refractivity contribution is 5.89. The minimum absolute atomic E-state index is 0.613. The number of hydrogen-bond donors (Lipinski definition) is 1. The maximum atomic E-state index is 10.8. The monoisotopic (exact) mass is 176 g/mol. The molecule has 0 aromatic carbocycles. The van der Waals surface area contributed by atoms with E-state index in [9.17, 15) is 4.79 Å². The van der Waals surface area contributed by atoms with Gasteiger partial charge in [-0.15, -0.1) is 0 Å². The molecule has 3 aliphatic rings. The first-order valence-corrected chi connectivity index (χ1v) is 4.92. The SMILES string of the molecule is O=C(O)C1=CC2=C(C1)[C@@H]1CC[C@H]2C1. The number of allylic oxidation sites excluding steroid dienone is 3. The second kappa shape index (κ2) is 2.25.